The van der Waals surface area contributed by atoms with Crippen molar-refractivity contribution in [1.29, 1.82) is 0 Å². The average Bonchev–Trinajstić information content (AvgIpc) is 2.28. The van der Waals surface area contributed by atoms with Gasteiger partial charge in [-0.3, -0.25) is 0 Å². The molecule has 0 N–H and O–H groups in total. The van der Waals surface area contributed by atoms with Crippen molar-refractivity contribution in [2.45, 2.75) is 0 Å². The van der Waals surface area contributed by atoms with Gasteiger partial charge < -0.3 is 0 Å². The van der Waals surface area contributed by atoms with E-state index < -0.39 is 17.5 Å². The molecule has 0 aromatic heterocycles. The average molecular weight is 243 g/mol. The second kappa shape index (κ2) is 4.18. The normalized spacial score (nSPS) is 10.5. The van der Waals surface area contributed by atoms with Crippen LogP contribution >= 0.6 is 11.6 Å². The fourth-order valence-corrected chi connectivity index (χ4v) is 1.50. The topological polar surface area (TPSA) is 0 Å². The Morgan fingerprint density at radius 1 is 0.750 bits per heavy atom. The molecule has 2 rings (SSSR count). The molecule has 0 unspecified atom stereocenters. The molecule has 0 saturated heterocycles. The van der Waals surface area contributed by atoms with Crippen LogP contribution < -0.4 is 0 Å². The minimum atomic E-state index is -1.47. The van der Waals surface area contributed by atoms with E-state index in [9.17, 15) is 13.2 Å². The maximum absolute atomic E-state index is 13.4. The molecule has 0 radical (unpaired) electrons. The zero-order chi connectivity index (χ0) is 11.7. The quantitative estimate of drug-likeness (QED) is 0.649. The van der Waals surface area contributed by atoms with Crippen LogP contribution in [0.5, 0.6) is 0 Å². The second-order valence-electron chi connectivity index (χ2n) is 3.23. The lowest BCUT2D eigenvalue weighted by Crippen LogP contribution is -1.93. The van der Waals surface area contributed by atoms with E-state index in [4.69, 9.17) is 11.6 Å². The highest BCUT2D eigenvalue weighted by Crippen LogP contribution is 2.26. The van der Waals surface area contributed by atoms with E-state index in [1.807, 2.05) is 0 Å². The summed E-state index contributed by atoms with van der Waals surface area (Å²) in [6.45, 7) is 0. The molecule has 82 valence electrons. The molecule has 0 fully saturated rings. The molecule has 0 amide bonds. The van der Waals surface area contributed by atoms with Gasteiger partial charge in [-0.05, 0) is 29.8 Å². The summed E-state index contributed by atoms with van der Waals surface area (Å²) in [5.74, 6) is -3.86. The first-order valence-electron chi connectivity index (χ1n) is 4.49. The van der Waals surface area contributed by atoms with Gasteiger partial charge in [-0.15, -0.1) is 0 Å². The van der Waals surface area contributed by atoms with Crippen molar-refractivity contribution in [3.8, 4) is 11.1 Å². The van der Waals surface area contributed by atoms with Crippen LogP contribution in [0, 0.1) is 17.5 Å². The highest BCUT2D eigenvalue weighted by molar-refractivity contribution is 6.30. The Morgan fingerprint density at radius 2 is 1.38 bits per heavy atom. The Labute approximate surface area is 95.3 Å². The van der Waals surface area contributed by atoms with Gasteiger partial charge in [-0.2, -0.15) is 0 Å². The summed E-state index contributed by atoms with van der Waals surface area (Å²) in [5, 5.41) is 0.492. The molecular weight excluding hydrogens is 237 g/mol. The summed E-state index contributed by atoms with van der Waals surface area (Å²) >= 11 is 5.67. The van der Waals surface area contributed by atoms with Crippen molar-refractivity contribution in [1.82, 2.24) is 0 Å². The molecule has 0 heterocycles. The van der Waals surface area contributed by atoms with Crippen LogP contribution in [0.2, 0.25) is 5.02 Å². The fourth-order valence-electron chi connectivity index (χ4n) is 1.38. The van der Waals surface area contributed by atoms with E-state index in [1.165, 1.54) is 18.2 Å². The maximum atomic E-state index is 13.4. The standard InChI is InChI=1S/C12H6ClF3/c13-8-3-1-7(2-4-8)9-5-6-10(14)12(16)11(9)15/h1-6H. The first-order chi connectivity index (χ1) is 7.59. The molecule has 0 spiro atoms. The lowest BCUT2D eigenvalue weighted by Gasteiger charge is -2.04. The number of rotatable bonds is 1. The Kier molecular flexibility index (Phi) is 2.88. The highest BCUT2D eigenvalue weighted by atomic mass is 35.5. The Balaban J connectivity index is 2.57. The van der Waals surface area contributed by atoms with Crippen molar-refractivity contribution >= 4 is 11.6 Å². The van der Waals surface area contributed by atoms with Crippen LogP contribution in [0.1, 0.15) is 0 Å². The van der Waals surface area contributed by atoms with Gasteiger partial charge in [-0.1, -0.05) is 23.7 Å². The summed E-state index contributed by atoms with van der Waals surface area (Å²) in [4.78, 5) is 0. The van der Waals surface area contributed by atoms with E-state index in [0.717, 1.165) is 6.07 Å². The monoisotopic (exact) mass is 242 g/mol. The lowest BCUT2D eigenvalue weighted by atomic mass is 10.1. The first-order valence-corrected chi connectivity index (χ1v) is 4.87. The van der Waals surface area contributed by atoms with Gasteiger partial charge >= 0.3 is 0 Å². The minimum Gasteiger partial charge on any atom is -0.204 e. The van der Waals surface area contributed by atoms with Gasteiger partial charge in [0.2, 0.25) is 0 Å². The van der Waals surface area contributed by atoms with Gasteiger partial charge in [-0.25, -0.2) is 13.2 Å². The Hall–Kier alpha value is -1.48. The van der Waals surface area contributed by atoms with Crippen LogP contribution in [0.4, 0.5) is 13.2 Å². The minimum absolute atomic E-state index is 0.00978. The smallest absolute Gasteiger partial charge is 0.195 e. The molecule has 0 bridgehead atoms. The van der Waals surface area contributed by atoms with Crippen LogP contribution in [0.25, 0.3) is 11.1 Å². The van der Waals surface area contributed by atoms with Gasteiger partial charge in [0, 0.05) is 10.6 Å². The summed E-state index contributed by atoms with van der Waals surface area (Å²) < 4.78 is 39.1. The summed E-state index contributed by atoms with van der Waals surface area (Å²) in [7, 11) is 0. The number of benzene rings is 2. The lowest BCUT2D eigenvalue weighted by molar-refractivity contribution is 0.449. The third-order valence-corrected chi connectivity index (χ3v) is 2.44. The van der Waals surface area contributed by atoms with Crippen molar-refractivity contribution in [2.75, 3.05) is 0 Å². The highest BCUT2D eigenvalue weighted by Gasteiger charge is 2.14. The molecular formula is C12H6ClF3. The molecule has 2 aromatic carbocycles. The van der Waals surface area contributed by atoms with Gasteiger partial charge in [0.15, 0.2) is 17.5 Å². The van der Waals surface area contributed by atoms with E-state index in [0.29, 0.717) is 10.6 Å². The molecule has 0 atom stereocenters. The van der Waals surface area contributed by atoms with Crippen LogP contribution in [-0.4, -0.2) is 0 Å². The van der Waals surface area contributed by atoms with Gasteiger partial charge in [0.1, 0.15) is 0 Å². The molecule has 0 saturated carbocycles. The predicted octanol–water partition coefficient (Wildman–Crippen LogP) is 4.42. The SMILES string of the molecule is Fc1ccc(-c2ccc(Cl)cc2)c(F)c1F. The largest absolute Gasteiger partial charge is 0.204 e. The van der Waals surface area contributed by atoms with E-state index in [1.54, 1.807) is 12.1 Å². The molecule has 0 aliphatic carbocycles. The van der Waals surface area contributed by atoms with Crippen molar-refractivity contribution in [3.05, 3.63) is 58.9 Å². The predicted molar refractivity (Wildman–Crippen MR) is 56.8 cm³/mol. The van der Waals surface area contributed by atoms with Crippen LogP contribution in [0.15, 0.2) is 36.4 Å². The van der Waals surface area contributed by atoms with E-state index in [2.05, 4.69) is 0 Å². The first kappa shape index (κ1) is 11.0. The molecule has 16 heavy (non-hydrogen) atoms. The number of halogens is 4. The van der Waals surface area contributed by atoms with Crippen molar-refractivity contribution < 1.29 is 13.2 Å². The zero-order valence-corrected chi connectivity index (χ0v) is 8.73. The Morgan fingerprint density at radius 3 is 2.00 bits per heavy atom. The fraction of sp³-hybridized carbons (Fsp3) is 0. The van der Waals surface area contributed by atoms with Gasteiger partial charge in [0.05, 0.1) is 0 Å². The van der Waals surface area contributed by atoms with Crippen LogP contribution in [0.3, 0.4) is 0 Å². The third kappa shape index (κ3) is 1.91. The Bertz CT molecular complexity index is 521. The number of hydrogen-bond donors (Lipinski definition) is 0. The van der Waals surface area contributed by atoms with Gasteiger partial charge in [0.25, 0.3) is 0 Å². The van der Waals surface area contributed by atoms with E-state index >= 15 is 0 Å². The summed E-state index contributed by atoms with van der Waals surface area (Å²) in [5.41, 5.74) is 0.455. The number of hydrogen-bond acceptors (Lipinski definition) is 0. The molecule has 0 nitrogen and oxygen atoms in total. The van der Waals surface area contributed by atoms with Crippen molar-refractivity contribution in [2.24, 2.45) is 0 Å². The van der Waals surface area contributed by atoms with Crippen LogP contribution in [-0.2, 0) is 0 Å². The maximum Gasteiger partial charge on any atom is 0.195 e. The second-order valence-corrected chi connectivity index (χ2v) is 3.67. The molecule has 4 heteroatoms. The van der Waals surface area contributed by atoms with E-state index in [-0.39, 0.29) is 5.56 Å². The van der Waals surface area contributed by atoms with Crippen molar-refractivity contribution in [3.63, 3.8) is 0 Å². The molecule has 0 aliphatic heterocycles. The molecule has 2 aromatic rings. The summed E-state index contributed by atoms with van der Waals surface area (Å²) in [6.07, 6.45) is 0. The zero-order valence-electron chi connectivity index (χ0n) is 7.98. The summed E-state index contributed by atoms with van der Waals surface area (Å²) in [6, 6.07) is 8.27. The molecule has 0 aliphatic rings. The third-order valence-electron chi connectivity index (χ3n) is 2.19.